The smallest absolute Gasteiger partial charge is 0.249 e. The van der Waals surface area contributed by atoms with Gasteiger partial charge in [0.05, 0.1) is 5.52 Å². The van der Waals surface area contributed by atoms with Gasteiger partial charge in [-0.2, -0.15) is 0 Å². The maximum absolute atomic E-state index is 13.8. The molecule has 0 saturated heterocycles. The van der Waals surface area contributed by atoms with Gasteiger partial charge in [-0.3, -0.25) is 14.5 Å². The lowest BCUT2D eigenvalue weighted by Crippen LogP contribution is -2.47. The number of thiophene rings is 1. The lowest BCUT2D eigenvalue weighted by Gasteiger charge is -2.31. The molecule has 5 rings (SSSR count). The van der Waals surface area contributed by atoms with E-state index in [9.17, 15) is 9.59 Å². The second-order valence-corrected chi connectivity index (χ2v) is 9.80. The van der Waals surface area contributed by atoms with Gasteiger partial charge in [0.1, 0.15) is 18.1 Å². The van der Waals surface area contributed by atoms with E-state index in [0.29, 0.717) is 16.2 Å². The first-order valence-corrected chi connectivity index (χ1v) is 12.6. The topological polar surface area (TPSA) is 80.1 Å². The Kier molecular flexibility index (Phi) is 6.60. The van der Waals surface area contributed by atoms with E-state index >= 15 is 0 Å². The van der Waals surface area contributed by atoms with Crippen molar-refractivity contribution in [2.24, 2.45) is 0 Å². The zero-order chi connectivity index (χ0) is 23.5. The van der Waals surface area contributed by atoms with Crippen LogP contribution in [0.4, 0.5) is 5.69 Å². The molecule has 1 N–H and O–H groups in total. The molecular weight excluding hydrogens is 470 g/mol. The summed E-state index contributed by atoms with van der Waals surface area (Å²) in [6.45, 7) is -0.0538. The van der Waals surface area contributed by atoms with Gasteiger partial charge in [0.15, 0.2) is 0 Å². The molecule has 1 fully saturated rings. The predicted molar refractivity (Wildman–Crippen MR) is 134 cm³/mol. The van der Waals surface area contributed by atoms with E-state index in [-0.39, 0.29) is 24.4 Å². The number of carbonyl (C=O) groups excluding carboxylic acids is 2. The van der Waals surface area contributed by atoms with Gasteiger partial charge < -0.3 is 5.32 Å². The van der Waals surface area contributed by atoms with Crippen molar-refractivity contribution in [1.29, 1.82) is 0 Å². The van der Waals surface area contributed by atoms with Gasteiger partial charge in [-0.05, 0) is 60.7 Å². The summed E-state index contributed by atoms with van der Waals surface area (Å²) in [6.07, 6.45) is 4.13. The fraction of sp³-hybridized carbons (Fsp3) is 0.280. The van der Waals surface area contributed by atoms with Crippen molar-refractivity contribution in [2.45, 2.75) is 44.3 Å². The van der Waals surface area contributed by atoms with Gasteiger partial charge in [-0.1, -0.05) is 47.9 Å². The molecule has 34 heavy (non-hydrogen) atoms. The fourth-order valence-corrected chi connectivity index (χ4v) is 5.39. The van der Waals surface area contributed by atoms with Crippen molar-refractivity contribution in [1.82, 2.24) is 20.3 Å². The molecule has 174 valence electrons. The van der Waals surface area contributed by atoms with Crippen LogP contribution in [0.15, 0.2) is 66.0 Å². The number of hydrogen-bond donors (Lipinski definition) is 1. The number of rotatable bonds is 7. The molecule has 0 bridgehead atoms. The third-order valence-corrected chi connectivity index (χ3v) is 7.28. The third-order valence-electron chi connectivity index (χ3n) is 6.10. The molecule has 0 radical (unpaired) electrons. The molecule has 0 spiro atoms. The molecule has 0 unspecified atom stereocenters. The van der Waals surface area contributed by atoms with Crippen LogP contribution in [-0.2, 0) is 16.1 Å². The van der Waals surface area contributed by atoms with Crippen LogP contribution < -0.4 is 10.2 Å². The molecule has 0 aliphatic heterocycles. The number of nitrogens with one attached hydrogen (secondary N) is 1. The zero-order valence-corrected chi connectivity index (χ0v) is 20.0. The number of aromatic nitrogens is 3. The fourth-order valence-electron chi connectivity index (χ4n) is 4.45. The molecule has 2 heterocycles. The first-order valence-electron chi connectivity index (χ1n) is 11.3. The first kappa shape index (κ1) is 22.6. The zero-order valence-electron chi connectivity index (χ0n) is 18.4. The van der Waals surface area contributed by atoms with Gasteiger partial charge in [-0.15, -0.1) is 16.4 Å². The average Bonchev–Trinajstić information content (AvgIpc) is 3.61. The number of hydrogen-bond acceptors (Lipinski definition) is 5. The highest BCUT2D eigenvalue weighted by Gasteiger charge is 2.35. The number of carbonyl (C=O) groups is 2. The largest absolute Gasteiger partial charge is 0.351 e. The maximum atomic E-state index is 13.8. The third kappa shape index (κ3) is 4.69. The molecule has 1 saturated carbocycles. The summed E-state index contributed by atoms with van der Waals surface area (Å²) in [4.78, 5) is 29.8. The summed E-state index contributed by atoms with van der Waals surface area (Å²) < 4.78 is 1.57. The number of halogens is 1. The van der Waals surface area contributed by atoms with Crippen molar-refractivity contribution in [3.63, 3.8) is 0 Å². The minimum Gasteiger partial charge on any atom is -0.351 e. The molecule has 1 atom stereocenters. The molecule has 7 nitrogen and oxygen atoms in total. The van der Waals surface area contributed by atoms with Crippen molar-refractivity contribution in [3.8, 4) is 0 Å². The van der Waals surface area contributed by atoms with Crippen LogP contribution in [0.3, 0.4) is 0 Å². The highest BCUT2D eigenvalue weighted by molar-refractivity contribution is 7.10. The second kappa shape index (κ2) is 9.95. The molecule has 2 aromatic heterocycles. The molecular formula is C25H24ClN5O2S. The van der Waals surface area contributed by atoms with Gasteiger partial charge in [0, 0.05) is 21.6 Å². The number of fused-ring (bicyclic) bond motifs is 1. The number of amides is 2. The minimum absolute atomic E-state index is 0.0538. The van der Waals surface area contributed by atoms with Gasteiger partial charge in [-0.25, -0.2) is 4.68 Å². The summed E-state index contributed by atoms with van der Waals surface area (Å²) >= 11 is 7.58. The van der Waals surface area contributed by atoms with E-state index in [2.05, 4.69) is 15.6 Å². The van der Waals surface area contributed by atoms with Gasteiger partial charge in [0.2, 0.25) is 11.8 Å². The summed E-state index contributed by atoms with van der Waals surface area (Å²) in [5.41, 5.74) is 2.07. The lowest BCUT2D eigenvalue weighted by atomic mass is 10.1. The molecule has 2 aromatic carbocycles. The summed E-state index contributed by atoms with van der Waals surface area (Å²) in [7, 11) is 0. The summed E-state index contributed by atoms with van der Waals surface area (Å²) in [6, 6.07) is 17.6. The highest BCUT2D eigenvalue weighted by atomic mass is 35.5. The van der Waals surface area contributed by atoms with Crippen molar-refractivity contribution < 1.29 is 9.59 Å². The quantitative estimate of drug-likeness (QED) is 0.393. The van der Waals surface area contributed by atoms with E-state index in [1.807, 2.05) is 41.8 Å². The Bertz CT molecular complexity index is 1280. The minimum atomic E-state index is -0.802. The molecule has 4 aromatic rings. The van der Waals surface area contributed by atoms with Crippen molar-refractivity contribution in [3.05, 3.63) is 75.9 Å². The Morgan fingerprint density at radius 2 is 1.85 bits per heavy atom. The number of para-hydroxylation sites is 1. The van der Waals surface area contributed by atoms with E-state index in [1.54, 1.807) is 33.8 Å². The SMILES string of the molecule is O=C(NC1CCCC1)[C@H](c1cccs1)N(C(=O)Cn1nnc2ccccc21)c1ccc(Cl)cc1. The average molecular weight is 494 g/mol. The Balaban J connectivity index is 1.53. The van der Waals surface area contributed by atoms with Crippen LogP contribution in [0.2, 0.25) is 5.02 Å². The highest BCUT2D eigenvalue weighted by Crippen LogP contribution is 2.32. The van der Waals surface area contributed by atoms with E-state index in [0.717, 1.165) is 36.1 Å². The number of anilines is 1. The molecule has 9 heteroatoms. The lowest BCUT2D eigenvalue weighted by molar-refractivity contribution is -0.127. The van der Waals surface area contributed by atoms with Crippen LogP contribution in [0.25, 0.3) is 11.0 Å². The van der Waals surface area contributed by atoms with Crippen LogP contribution in [0.5, 0.6) is 0 Å². The van der Waals surface area contributed by atoms with Crippen LogP contribution in [0.1, 0.15) is 36.6 Å². The molecule has 2 amide bonds. The maximum Gasteiger partial charge on any atom is 0.249 e. The van der Waals surface area contributed by atoms with Crippen LogP contribution in [0, 0.1) is 0 Å². The Morgan fingerprint density at radius 3 is 2.59 bits per heavy atom. The summed E-state index contributed by atoms with van der Waals surface area (Å²) in [5.74, 6) is -0.445. The predicted octanol–water partition coefficient (Wildman–Crippen LogP) is 4.98. The van der Waals surface area contributed by atoms with Crippen LogP contribution >= 0.6 is 22.9 Å². The monoisotopic (exact) mass is 493 g/mol. The van der Waals surface area contributed by atoms with Crippen molar-refractivity contribution >= 4 is 51.5 Å². The number of nitrogens with zero attached hydrogens (tertiary/aromatic N) is 4. The Labute approximate surface area is 206 Å². The van der Waals surface area contributed by atoms with E-state index in [4.69, 9.17) is 11.6 Å². The van der Waals surface area contributed by atoms with Gasteiger partial charge in [0.25, 0.3) is 0 Å². The van der Waals surface area contributed by atoms with Gasteiger partial charge >= 0.3 is 0 Å². The van der Waals surface area contributed by atoms with Crippen LogP contribution in [-0.4, -0.2) is 32.9 Å². The molecule has 1 aliphatic rings. The Morgan fingerprint density at radius 1 is 1.09 bits per heavy atom. The number of benzene rings is 2. The second-order valence-electron chi connectivity index (χ2n) is 8.38. The van der Waals surface area contributed by atoms with E-state index in [1.165, 1.54) is 11.3 Å². The summed E-state index contributed by atoms with van der Waals surface area (Å²) in [5, 5.41) is 14.0. The Hall–Kier alpha value is -3.23. The van der Waals surface area contributed by atoms with Crippen molar-refractivity contribution in [2.75, 3.05) is 4.90 Å². The van der Waals surface area contributed by atoms with E-state index < -0.39 is 6.04 Å². The normalized spacial score (nSPS) is 14.9. The first-order chi connectivity index (χ1) is 16.6. The standard InChI is InChI=1S/C25H24ClN5O2S/c26-17-11-13-19(14-12-17)31(23(32)16-30-21-9-4-3-8-20(21)28-29-30)24(22-10-5-15-34-22)25(33)27-18-6-1-2-7-18/h3-5,8-15,18,24H,1-2,6-7,16H2,(H,27,33)/t24-/m0/s1. The molecule has 1 aliphatic carbocycles.